The number of ether oxygens (including phenoxy) is 1. The monoisotopic (exact) mass is 260 g/mol. The Labute approximate surface area is 113 Å². The number of hydrogen-bond donors (Lipinski definition) is 0. The van der Waals surface area contributed by atoms with Gasteiger partial charge in [0.15, 0.2) is 5.75 Å². The molecule has 0 unspecified atom stereocenters. The van der Waals surface area contributed by atoms with Crippen LogP contribution in [0.2, 0.25) is 0 Å². The molecule has 4 nitrogen and oxygen atoms in total. The molecule has 2 aromatic heterocycles. The van der Waals surface area contributed by atoms with Crippen LogP contribution in [-0.4, -0.2) is 15.5 Å². The number of hydrogen-bond acceptors (Lipinski definition) is 3. The van der Waals surface area contributed by atoms with E-state index in [4.69, 9.17) is 4.74 Å². The van der Waals surface area contributed by atoms with Crippen molar-refractivity contribution >= 4 is 16.9 Å². The van der Waals surface area contributed by atoms with Crippen LogP contribution >= 0.6 is 0 Å². The molecule has 2 aromatic rings. The molecule has 0 saturated carbocycles. The molecule has 0 aliphatic rings. The number of carbonyl (C=O) groups is 1. The molecule has 0 spiro atoms. The largest absolute Gasteiger partial charge is 0.424 e. The molecule has 0 N–H and O–H groups in total. The highest BCUT2D eigenvalue weighted by Gasteiger charge is 2.25. The van der Waals surface area contributed by atoms with Crippen molar-refractivity contribution in [3.05, 3.63) is 23.7 Å². The topological polar surface area (TPSA) is 44.1 Å². The Bertz CT molecular complexity index is 648. The zero-order valence-electron chi connectivity index (χ0n) is 12.4. The zero-order chi connectivity index (χ0) is 14.4. The Morgan fingerprint density at radius 3 is 2.47 bits per heavy atom. The summed E-state index contributed by atoms with van der Waals surface area (Å²) in [4.78, 5) is 16.2. The maximum atomic E-state index is 12.0. The first kappa shape index (κ1) is 13.6. The first-order valence-corrected chi connectivity index (χ1v) is 6.35. The molecule has 0 aromatic carbocycles. The minimum absolute atomic E-state index is 0.247. The number of aryl methyl sites for hydroxylation is 2. The third kappa shape index (κ3) is 2.23. The Hall–Kier alpha value is -1.84. The van der Waals surface area contributed by atoms with Gasteiger partial charge in [-0.05, 0) is 40.2 Å². The van der Waals surface area contributed by atoms with Crippen molar-refractivity contribution in [3.8, 4) is 5.75 Å². The molecule has 0 fully saturated rings. The quantitative estimate of drug-likeness (QED) is 0.740. The van der Waals surface area contributed by atoms with Crippen LogP contribution in [0.1, 0.15) is 32.0 Å². The third-order valence-corrected chi connectivity index (χ3v) is 3.49. The minimum Gasteiger partial charge on any atom is -0.424 e. The smallest absolute Gasteiger partial charge is 0.316 e. The van der Waals surface area contributed by atoms with Crippen LogP contribution in [0.15, 0.2) is 12.4 Å². The number of aromatic nitrogens is 2. The maximum absolute atomic E-state index is 12.0. The molecule has 4 heteroatoms. The van der Waals surface area contributed by atoms with E-state index < -0.39 is 5.41 Å². The highest BCUT2D eigenvalue weighted by atomic mass is 16.5. The van der Waals surface area contributed by atoms with Gasteiger partial charge in [-0.25, -0.2) is 0 Å². The van der Waals surface area contributed by atoms with Crippen LogP contribution < -0.4 is 4.74 Å². The molecule has 0 atom stereocenters. The van der Waals surface area contributed by atoms with Crippen LogP contribution in [0.3, 0.4) is 0 Å². The molecule has 0 aliphatic carbocycles. The number of pyridine rings is 1. The predicted octanol–water partition coefficient (Wildman–Crippen LogP) is 3.14. The van der Waals surface area contributed by atoms with Crippen molar-refractivity contribution in [1.29, 1.82) is 0 Å². The minimum atomic E-state index is -0.528. The fraction of sp³-hybridized carbons (Fsp3) is 0.467. The third-order valence-electron chi connectivity index (χ3n) is 3.49. The van der Waals surface area contributed by atoms with E-state index in [0.717, 1.165) is 22.2 Å². The molecule has 102 valence electrons. The second-order valence-corrected chi connectivity index (χ2v) is 5.94. The van der Waals surface area contributed by atoms with Crippen molar-refractivity contribution < 1.29 is 9.53 Å². The van der Waals surface area contributed by atoms with E-state index in [1.54, 1.807) is 12.4 Å². The van der Waals surface area contributed by atoms with E-state index in [1.165, 1.54) is 0 Å². The lowest BCUT2D eigenvalue weighted by Crippen LogP contribution is -2.25. The molecule has 0 bridgehead atoms. The molecule has 0 amide bonds. The van der Waals surface area contributed by atoms with E-state index in [0.29, 0.717) is 5.75 Å². The van der Waals surface area contributed by atoms with Gasteiger partial charge in [-0.3, -0.25) is 9.78 Å². The first-order chi connectivity index (χ1) is 8.73. The zero-order valence-corrected chi connectivity index (χ0v) is 12.4. The van der Waals surface area contributed by atoms with Crippen LogP contribution in [0, 0.1) is 19.3 Å². The summed E-state index contributed by atoms with van der Waals surface area (Å²) in [6, 6.07) is 0. The van der Waals surface area contributed by atoms with Crippen molar-refractivity contribution in [2.24, 2.45) is 12.5 Å². The van der Waals surface area contributed by atoms with Gasteiger partial charge in [0.05, 0.1) is 23.3 Å². The van der Waals surface area contributed by atoms with E-state index in [9.17, 15) is 4.79 Å². The van der Waals surface area contributed by atoms with Crippen LogP contribution in [-0.2, 0) is 11.8 Å². The van der Waals surface area contributed by atoms with Crippen molar-refractivity contribution in [2.45, 2.75) is 34.6 Å². The molecule has 0 radical (unpaired) electrons. The molecule has 2 heterocycles. The van der Waals surface area contributed by atoms with E-state index >= 15 is 0 Å². The Kier molecular flexibility index (Phi) is 3.12. The van der Waals surface area contributed by atoms with Crippen molar-refractivity contribution in [2.75, 3.05) is 0 Å². The normalized spacial score (nSPS) is 11.9. The Morgan fingerprint density at radius 2 is 1.89 bits per heavy atom. The molecule has 19 heavy (non-hydrogen) atoms. The number of nitrogens with zero attached hydrogens (tertiary/aromatic N) is 2. The van der Waals surface area contributed by atoms with Crippen LogP contribution in [0.4, 0.5) is 0 Å². The number of carbonyl (C=O) groups excluding carboxylic acids is 1. The van der Waals surface area contributed by atoms with Crippen LogP contribution in [0.5, 0.6) is 5.75 Å². The second-order valence-electron chi connectivity index (χ2n) is 5.94. The number of rotatable bonds is 1. The maximum Gasteiger partial charge on any atom is 0.316 e. The summed E-state index contributed by atoms with van der Waals surface area (Å²) in [7, 11) is 1.99. The van der Waals surface area contributed by atoms with Gasteiger partial charge in [-0.2, -0.15) is 0 Å². The fourth-order valence-electron chi connectivity index (χ4n) is 2.01. The fourth-order valence-corrected chi connectivity index (χ4v) is 2.01. The average Bonchev–Trinajstić information content (AvgIpc) is 2.54. The van der Waals surface area contributed by atoms with Gasteiger partial charge in [0, 0.05) is 18.1 Å². The summed E-state index contributed by atoms with van der Waals surface area (Å²) in [6.45, 7) is 9.60. The van der Waals surface area contributed by atoms with Crippen LogP contribution in [0.25, 0.3) is 10.9 Å². The summed E-state index contributed by atoms with van der Waals surface area (Å²) in [5.41, 5.74) is 2.72. The van der Waals surface area contributed by atoms with Gasteiger partial charge in [0.25, 0.3) is 0 Å². The standard InChI is InChI=1S/C15H20N2O2/c1-9-10(2)17(6)11-7-16-8-12(13(9)11)19-14(18)15(3,4)5/h7-8H,1-6H3. The number of fused-ring (bicyclic) bond motifs is 1. The summed E-state index contributed by atoms with van der Waals surface area (Å²) in [5, 5.41) is 0.965. The summed E-state index contributed by atoms with van der Waals surface area (Å²) < 4.78 is 7.59. The lowest BCUT2D eigenvalue weighted by molar-refractivity contribution is -0.142. The van der Waals surface area contributed by atoms with Crippen molar-refractivity contribution in [3.63, 3.8) is 0 Å². The Morgan fingerprint density at radius 1 is 1.26 bits per heavy atom. The highest BCUT2D eigenvalue weighted by molar-refractivity contribution is 5.92. The molecule has 2 rings (SSSR count). The molecular formula is C15H20N2O2. The van der Waals surface area contributed by atoms with Gasteiger partial charge in [0.1, 0.15) is 0 Å². The van der Waals surface area contributed by atoms with Gasteiger partial charge in [0.2, 0.25) is 0 Å². The summed E-state index contributed by atoms with van der Waals surface area (Å²) in [5.74, 6) is 0.293. The number of esters is 1. The average molecular weight is 260 g/mol. The first-order valence-electron chi connectivity index (χ1n) is 6.35. The van der Waals surface area contributed by atoms with Gasteiger partial charge >= 0.3 is 5.97 Å². The lowest BCUT2D eigenvalue weighted by Gasteiger charge is -2.16. The second kappa shape index (κ2) is 4.37. The predicted molar refractivity (Wildman–Crippen MR) is 75.3 cm³/mol. The SMILES string of the molecule is Cc1c(C)n(C)c2cncc(OC(=O)C(C)(C)C)c12. The van der Waals surface area contributed by atoms with E-state index in [-0.39, 0.29) is 5.97 Å². The Balaban J connectivity index is 2.57. The van der Waals surface area contributed by atoms with E-state index in [1.807, 2.05) is 41.7 Å². The molecule has 0 saturated heterocycles. The van der Waals surface area contributed by atoms with E-state index in [2.05, 4.69) is 9.55 Å². The lowest BCUT2D eigenvalue weighted by atomic mass is 9.97. The van der Waals surface area contributed by atoms with Gasteiger partial charge < -0.3 is 9.30 Å². The summed E-state index contributed by atoms with van der Waals surface area (Å²) in [6.07, 6.45) is 3.40. The summed E-state index contributed by atoms with van der Waals surface area (Å²) >= 11 is 0. The molecular weight excluding hydrogens is 240 g/mol. The molecule has 0 aliphatic heterocycles. The van der Waals surface area contributed by atoms with Gasteiger partial charge in [-0.15, -0.1) is 0 Å². The van der Waals surface area contributed by atoms with Gasteiger partial charge in [-0.1, -0.05) is 0 Å². The highest BCUT2D eigenvalue weighted by Crippen LogP contribution is 2.32. The van der Waals surface area contributed by atoms with Crippen molar-refractivity contribution in [1.82, 2.24) is 9.55 Å².